The third-order valence-electron chi connectivity index (χ3n) is 4.19. The van der Waals surface area contributed by atoms with Crippen molar-refractivity contribution in [1.82, 2.24) is 4.31 Å². The minimum atomic E-state index is -4.40. The fraction of sp³-hybridized carbons (Fsp3) is 0.278. The summed E-state index contributed by atoms with van der Waals surface area (Å²) in [6.45, 7) is 1.35. The van der Waals surface area contributed by atoms with Crippen molar-refractivity contribution in [2.24, 2.45) is 0 Å². The SMILES string of the molecule is O=S(=O)(c1ccc(NC(=S)Nc2ccc(C(F)(F)F)cc2)cc1)N1CCOCC1. The van der Waals surface area contributed by atoms with Gasteiger partial charge in [0.25, 0.3) is 0 Å². The van der Waals surface area contributed by atoms with Gasteiger partial charge in [-0.2, -0.15) is 17.5 Å². The van der Waals surface area contributed by atoms with Gasteiger partial charge in [0.15, 0.2) is 5.11 Å². The molecule has 11 heteroatoms. The number of rotatable bonds is 4. The quantitative estimate of drug-likeness (QED) is 0.702. The minimum Gasteiger partial charge on any atom is -0.379 e. The van der Waals surface area contributed by atoms with Crippen LogP contribution in [-0.4, -0.2) is 44.1 Å². The number of alkyl halides is 3. The summed E-state index contributed by atoms with van der Waals surface area (Å²) in [5, 5.41) is 5.80. The number of anilines is 2. The van der Waals surface area contributed by atoms with E-state index < -0.39 is 21.8 Å². The van der Waals surface area contributed by atoms with Crippen molar-refractivity contribution in [2.45, 2.75) is 11.1 Å². The predicted molar refractivity (Wildman–Crippen MR) is 107 cm³/mol. The molecule has 0 radical (unpaired) electrons. The van der Waals surface area contributed by atoms with Crippen LogP contribution in [0.15, 0.2) is 53.4 Å². The van der Waals surface area contributed by atoms with Gasteiger partial charge in [-0.25, -0.2) is 8.42 Å². The average molecular weight is 445 g/mol. The fourth-order valence-electron chi connectivity index (χ4n) is 2.68. The van der Waals surface area contributed by atoms with E-state index in [1.54, 1.807) is 12.1 Å². The number of morpholine rings is 1. The zero-order valence-electron chi connectivity index (χ0n) is 15.1. The minimum absolute atomic E-state index is 0.159. The third kappa shape index (κ3) is 5.44. The number of thiocarbonyl (C=S) groups is 1. The molecule has 2 aromatic carbocycles. The lowest BCUT2D eigenvalue weighted by Gasteiger charge is -2.26. The maximum Gasteiger partial charge on any atom is 0.416 e. The number of ether oxygens (including phenoxy) is 1. The number of hydrogen-bond donors (Lipinski definition) is 2. The highest BCUT2D eigenvalue weighted by Crippen LogP contribution is 2.29. The molecule has 1 fully saturated rings. The van der Waals surface area contributed by atoms with Crippen LogP contribution in [0.1, 0.15) is 5.56 Å². The molecule has 156 valence electrons. The van der Waals surface area contributed by atoms with Gasteiger partial charge in [0.2, 0.25) is 10.0 Å². The number of sulfonamides is 1. The lowest BCUT2D eigenvalue weighted by molar-refractivity contribution is -0.137. The zero-order chi connectivity index (χ0) is 21.1. The van der Waals surface area contributed by atoms with Crippen LogP contribution in [0.5, 0.6) is 0 Å². The molecule has 6 nitrogen and oxygen atoms in total. The van der Waals surface area contributed by atoms with Crippen molar-refractivity contribution in [1.29, 1.82) is 0 Å². The van der Waals surface area contributed by atoms with Crippen molar-refractivity contribution in [3.8, 4) is 0 Å². The molecule has 0 spiro atoms. The Hall–Kier alpha value is -2.21. The van der Waals surface area contributed by atoms with Gasteiger partial charge in [-0.1, -0.05) is 0 Å². The highest BCUT2D eigenvalue weighted by Gasteiger charge is 2.30. The van der Waals surface area contributed by atoms with Gasteiger partial charge in [0, 0.05) is 24.5 Å². The van der Waals surface area contributed by atoms with E-state index in [1.807, 2.05) is 0 Å². The summed E-state index contributed by atoms with van der Waals surface area (Å²) >= 11 is 5.15. The molecule has 1 saturated heterocycles. The molecule has 2 aromatic rings. The van der Waals surface area contributed by atoms with Crippen LogP contribution in [0, 0.1) is 0 Å². The second kappa shape index (κ2) is 8.66. The largest absolute Gasteiger partial charge is 0.416 e. The summed E-state index contributed by atoms with van der Waals surface area (Å²) in [7, 11) is -3.59. The highest BCUT2D eigenvalue weighted by atomic mass is 32.2. The molecular formula is C18H18F3N3O3S2. The molecule has 0 aliphatic carbocycles. The van der Waals surface area contributed by atoms with Crippen molar-refractivity contribution >= 4 is 38.7 Å². The number of benzene rings is 2. The van der Waals surface area contributed by atoms with Crippen molar-refractivity contribution in [3.05, 3.63) is 54.1 Å². The van der Waals surface area contributed by atoms with E-state index in [0.717, 1.165) is 12.1 Å². The van der Waals surface area contributed by atoms with Gasteiger partial charge in [-0.15, -0.1) is 0 Å². The standard InChI is InChI=1S/C18H18F3N3O3S2/c19-18(20,21)13-1-3-14(4-2-13)22-17(28)23-15-5-7-16(8-6-15)29(25,26)24-9-11-27-12-10-24/h1-8H,9-12H2,(H2,22,23,28). The first-order chi connectivity index (χ1) is 13.7. The van der Waals surface area contributed by atoms with Gasteiger partial charge < -0.3 is 15.4 Å². The van der Waals surface area contributed by atoms with Crippen molar-refractivity contribution in [2.75, 3.05) is 36.9 Å². The zero-order valence-corrected chi connectivity index (χ0v) is 16.7. The van der Waals surface area contributed by atoms with Crippen LogP contribution >= 0.6 is 12.2 Å². The Bertz CT molecular complexity index is 957. The molecule has 29 heavy (non-hydrogen) atoms. The van der Waals surface area contributed by atoms with Crippen LogP contribution in [0.2, 0.25) is 0 Å². The Morgan fingerprint density at radius 1 is 0.931 bits per heavy atom. The van der Waals surface area contributed by atoms with E-state index >= 15 is 0 Å². The van der Waals surface area contributed by atoms with Gasteiger partial charge in [0.1, 0.15) is 0 Å². The Morgan fingerprint density at radius 3 is 1.90 bits per heavy atom. The van der Waals surface area contributed by atoms with Gasteiger partial charge in [0.05, 0.1) is 23.7 Å². The molecule has 0 saturated carbocycles. The molecule has 0 aromatic heterocycles. The topological polar surface area (TPSA) is 70.7 Å². The first-order valence-electron chi connectivity index (χ1n) is 8.59. The predicted octanol–water partition coefficient (Wildman–Crippen LogP) is 3.54. The summed E-state index contributed by atoms with van der Waals surface area (Å²) in [4.78, 5) is 0.159. The second-order valence-electron chi connectivity index (χ2n) is 6.20. The molecule has 3 rings (SSSR count). The number of hydrogen-bond acceptors (Lipinski definition) is 4. The van der Waals surface area contributed by atoms with E-state index in [1.165, 1.54) is 28.6 Å². The van der Waals surface area contributed by atoms with E-state index in [2.05, 4.69) is 10.6 Å². The Balaban J connectivity index is 1.61. The molecule has 0 amide bonds. The molecule has 1 aliphatic heterocycles. The average Bonchev–Trinajstić information content (AvgIpc) is 2.69. The molecule has 0 unspecified atom stereocenters. The molecule has 1 aliphatic rings. The summed E-state index contributed by atoms with van der Waals surface area (Å²) in [6, 6.07) is 10.5. The number of nitrogens with zero attached hydrogens (tertiary/aromatic N) is 1. The summed E-state index contributed by atoms with van der Waals surface area (Å²) in [6.07, 6.45) is -4.40. The Morgan fingerprint density at radius 2 is 1.41 bits per heavy atom. The van der Waals surface area contributed by atoms with Gasteiger partial charge >= 0.3 is 6.18 Å². The lowest BCUT2D eigenvalue weighted by Crippen LogP contribution is -2.40. The first-order valence-corrected chi connectivity index (χ1v) is 10.4. The first kappa shape index (κ1) is 21.5. The molecule has 0 atom stereocenters. The smallest absolute Gasteiger partial charge is 0.379 e. The number of nitrogens with one attached hydrogen (secondary N) is 2. The molecule has 1 heterocycles. The van der Waals surface area contributed by atoms with E-state index in [9.17, 15) is 21.6 Å². The molecule has 0 bridgehead atoms. The fourth-order valence-corrected chi connectivity index (χ4v) is 4.33. The Labute approximate surface area is 171 Å². The van der Waals surface area contributed by atoms with E-state index in [-0.39, 0.29) is 10.0 Å². The normalized spacial score (nSPS) is 15.7. The maximum atomic E-state index is 12.6. The third-order valence-corrected chi connectivity index (χ3v) is 6.31. The summed E-state index contributed by atoms with van der Waals surface area (Å²) in [5.41, 5.74) is 0.177. The van der Waals surface area contributed by atoms with Crippen LogP contribution in [0.4, 0.5) is 24.5 Å². The summed E-state index contributed by atoms with van der Waals surface area (Å²) < 4.78 is 69.5. The number of halogens is 3. The van der Waals surface area contributed by atoms with E-state index in [4.69, 9.17) is 17.0 Å². The van der Waals surface area contributed by atoms with Crippen LogP contribution in [0.25, 0.3) is 0 Å². The molecular weight excluding hydrogens is 427 g/mol. The Kier molecular flexibility index (Phi) is 6.42. The van der Waals surface area contributed by atoms with Crippen LogP contribution in [0.3, 0.4) is 0 Å². The highest BCUT2D eigenvalue weighted by molar-refractivity contribution is 7.89. The monoisotopic (exact) mass is 445 g/mol. The maximum absolute atomic E-state index is 12.6. The van der Waals surface area contributed by atoms with Crippen LogP contribution in [-0.2, 0) is 20.9 Å². The summed E-state index contributed by atoms with van der Waals surface area (Å²) in [5.74, 6) is 0. The second-order valence-corrected chi connectivity index (χ2v) is 8.54. The van der Waals surface area contributed by atoms with Gasteiger partial charge in [-0.3, -0.25) is 0 Å². The van der Waals surface area contributed by atoms with Crippen molar-refractivity contribution < 1.29 is 26.3 Å². The van der Waals surface area contributed by atoms with E-state index in [0.29, 0.717) is 37.7 Å². The lowest BCUT2D eigenvalue weighted by atomic mass is 10.2. The molecule has 2 N–H and O–H groups in total. The van der Waals surface area contributed by atoms with Crippen molar-refractivity contribution in [3.63, 3.8) is 0 Å². The van der Waals surface area contributed by atoms with Crippen LogP contribution < -0.4 is 10.6 Å². The van der Waals surface area contributed by atoms with Gasteiger partial charge in [-0.05, 0) is 60.7 Å².